The monoisotopic (exact) mass is 269 g/mol. The Balaban J connectivity index is 2.82. The van der Waals surface area contributed by atoms with Crippen molar-refractivity contribution < 1.29 is 10.0 Å². The standard InChI is InChI=1S/C14H27N3O2/c1-4-10(3)12(18)16-14(13(15)17-19)8-6-11(5-2)7-9-14/h10-11,19H,4-9H2,1-3H3,(H2,15,17)(H,16,18). The van der Waals surface area contributed by atoms with Crippen LogP contribution in [0.2, 0.25) is 0 Å². The van der Waals surface area contributed by atoms with E-state index >= 15 is 0 Å². The van der Waals surface area contributed by atoms with Crippen LogP contribution in [0.25, 0.3) is 0 Å². The van der Waals surface area contributed by atoms with Crippen molar-refractivity contribution in [1.29, 1.82) is 0 Å². The van der Waals surface area contributed by atoms with E-state index in [1.807, 2.05) is 13.8 Å². The third-order valence-corrected chi connectivity index (χ3v) is 4.56. The zero-order valence-corrected chi connectivity index (χ0v) is 12.3. The number of oxime groups is 1. The lowest BCUT2D eigenvalue weighted by Crippen LogP contribution is -2.60. The van der Waals surface area contributed by atoms with Crippen LogP contribution in [0.4, 0.5) is 0 Å². The summed E-state index contributed by atoms with van der Waals surface area (Å²) in [6, 6.07) is 0. The van der Waals surface area contributed by atoms with Crippen LogP contribution in [0.1, 0.15) is 59.3 Å². The fourth-order valence-electron chi connectivity index (χ4n) is 2.66. The number of carbonyl (C=O) groups excluding carboxylic acids is 1. The van der Waals surface area contributed by atoms with Crippen molar-refractivity contribution in [3.05, 3.63) is 0 Å². The van der Waals surface area contributed by atoms with Crippen LogP contribution in [-0.4, -0.2) is 22.5 Å². The first-order valence-corrected chi connectivity index (χ1v) is 7.29. The van der Waals surface area contributed by atoms with Gasteiger partial charge >= 0.3 is 0 Å². The van der Waals surface area contributed by atoms with E-state index in [0.717, 1.165) is 38.5 Å². The van der Waals surface area contributed by atoms with Crippen LogP contribution < -0.4 is 11.1 Å². The normalized spacial score (nSPS) is 29.8. The largest absolute Gasteiger partial charge is 0.409 e. The molecule has 1 aliphatic rings. The average molecular weight is 269 g/mol. The highest BCUT2D eigenvalue weighted by Gasteiger charge is 2.40. The Labute approximate surface area is 115 Å². The number of carbonyl (C=O) groups is 1. The molecule has 0 aromatic carbocycles. The maximum absolute atomic E-state index is 12.1. The molecule has 0 aromatic rings. The zero-order chi connectivity index (χ0) is 14.5. The molecule has 1 unspecified atom stereocenters. The SMILES string of the molecule is CCC1CCC(NC(=O)C(C)CC)(/C(N)=N/O)CC1. The number of rotatable bonds is 5. The highest BCUT2D eigenvalue weighted by Crippen LogP contribution is 2.34. The molecule has 1 atom stereocenters. The van der Waals surface area contributed by atoms with Gasteiger partial charge in [0.2, 0.25) is 5.91 Å². The fourth-order valence-corrected chi connectivity index (χ4v) is 2.66. The van der Waals surface area contributed by atoms with Gasteiger partial charge in [0.1, 0.15) is 5.54 Å². The molecule has 0 aromatic heterocycles. The number of hydrogen-bond donors (Lipinski definition) is 3. The van der Waals surface area contributed by atoms with Gasteiger partial charge in [-0.15, -0.1) is 0 Å². The predicted octanol–water partition coefficient (Wildman–Crippen LogP) is 2.23. The molecule has 1 saturated carbocycles. The van der Waals surface area contributed by atoms with Crippen molar-refractivity contribution in [2.75, 3.05) is 0 Å². The third-order valence-electron chi connectivity index (χ3n) is 4.56. The summed E-state index contributed by atoms with van der Waals surface area (Å²) < 4.78 is 0. The summed E-state index contributed by atoms with van der Waals surface area (Å²) in [5.41, 5.74) is 5.19. The second-order valence-corrected chi connectivity index (χ2v) is 5.72. The van der Waals surface area contributed by atoms with E-state index in [0.29, 0.717) is 5.92 Å². The molecule has 0 heterocycles. The van der Waals surface area contributed by atoms with Gasteiger partial charge in [-0.25, -0.2) is 0 Å². The van der Waals surface area contributed by atoms with E-state index in [-0.39, 0.29) is 17.7 Å². The number of nitrogens with zero attached hydrogens (tertiary/aromatic N) is 1. The highest BCUT2D eigenvalue weighted by atomic mass is 16.4. The minimum Gasteiger partial charge on any atom is -0.409 e. The molecule has 0 saturated heterocycles. The van der Waals surface area contributed by atoms with Crippen molar-refractivity contribution in [2.24, 2.45) is 22.7 Å². The molecule has 1 amide bonds. The highest BCUT2D eigenvalue weighted by molar-refractivity contribution is 5.94. The van der Waals surface area contributed by atoms with E-state index in [1.165, 1.54) is 0 Å². The Bertz CT molecular complexity index is 334. The first-order valence-electron chi connectivity index (χ1n) is 7.29. The smallest absolute Gasteiger partial charge is 0.223 e. The van der Waals surface area contributed by atoms with Crippen molar-refractivity contribution in [3.8, 4) is 0 Å². The van der Waals surface area contributed by atoms with Crippen LogP contribution in [0.5, 0.6) is 0 Å². The Kier molecular flexibility index (Phi) is 5.63. The van der Waals surface area contributed by atoms with Crippen molar-refractivity contribution in [3.63, 3.8) is 0 Å². The number of nitrogens with two attached hydrogens (primary N) is 1. The second kappa shape index (κ2) is 6.78. The lowest BCUT2D eigenvalue weighted by atomic mass is 9.74. The molecular formula is C14H27N3O2. The van der Waals surface area contributed by atoms with Gasteiger partial charge in [-0.2, -0.15) is 0 Å². The summed E-state index contributed by atoms with van der Waals surface area (Å²) in [7, 11) is 0. The number of amides is 1. The Morgan fingerprint density at radius 1 is 1.47 bits per heavy atom. The first-order chi connectivity index (χ1) is 8.99. The molecule has 1 rings (SSSR count). The van der Waals surface area contributed by atoms with Gasteiger partial charge in [-0.1, -0.05) is 32.3 Å². The minimum absolute atomic E-state index is 0.0101. The van der Waals surface area contributed by atoms with Gasteiger partial charge in [0.15, 0.2) is 5.84 Å². The molecule has 110 valence electrons. The molecule has 0 bridgehead atoms. The molecule has 1 fully saturated rings. The molecule has 5 heteroatoms. The van der Waals surface area contributed by atoms with Crippen LogP contribution in [-0.2, 0) is 4.79 Å². The Morgan fingerprint density at radius 2 is 2.05 bits per heavy atom. The molecule has 1 aliphatic carbocycles. The Hall–Kier alpha value is -1.26. The predicted molar refractivity (Wildman–Crippen MR) is 76.0 cm³/mol. The molecule has 19 heavy (non-hydrogen) atoms. The Morgan fingerprint density at radius 3 is 2.47 bits per heavy atom. The van der Waals surface area contributed by atoms with Gasteiger partial charge in [0, 0.05) is 5.92 Å². The molecular weight excluding hydrogens is 242 g/mol. The van der Waals surface area contributed by atoms with Gasteiger partial charge in [-0.3, -0.25) is 4.79 Å². The maximum atomic E-state index is 12.1. The summed E-state index contributed by atoms with van der Waals surface area (Å²) in [6.45, 7) is 6.06. The van der Waals surface area contributed by atoms with Crippen molar-refractivity contribution in [2.45, 2.75) is 64.8 Å². The van der Waals surface area contributed by atoms with Gasteiger partial charge in [0.25, 0.3) is 0 Å². The quantitative estimate of drug-likeness (QED) is 0.309. The van der Waals surface area contributed by atoms with E-state index < -0.39 is 5.54 Å². The lowest BCUT2D eigenvalue weighted by molar-refractivity contribution is -0.126. The van der Waals surface area contributed by atoms with E-state index in [9.17, 15) is 4.79 Å². The van der Waals surface area contributed by atoms with Crippen LogP contribution in [0, 0.1) is 11.8 Å². The average Bonchev–Trinajstić information content (AvgIpc) is 2.45. The first kappa shape index (κ1) is 15.8. The number of amidine groups is 1. The summed E-state index contributed by atoms with van der Waals surface area (Å²) in [5, 5.41) is 15.2. The fraction of sp³-hybridized carbons (Fsp3) is 0.857. The second-order valence-electron chi connectivity index (χ2n) is 5.72. The molecule has 4 N–H and O–H groups in total. The number of nitrogens with one attached hydrogen (secondary N) is 1. The van der Waals surface area contributed by atoms with Crippen LogP contribution >= 0.6 is 0 Å². The zero-order valence-electron chi connectivity index (χ0n) is 12.3. The molecule has 0 radical (unpaired) electrons. The topological polar surface area (TPSA) is 87.7 Å². The van der Waals surface area contributed by atoms with Crippen LogP contribution in [0.15, 0.2) is 5.16 Å². The molecule has 0 spiro atoms. The van der Waals surface area contributed by atoms with Gasteiger partial charge in [0.05, 0.1) is 0 Å². The third kappa shape index (κ3) is 3.61. The minimum atomic E-state index is -0.652. The molecule has 5 nitrogen and oxygen atoms in total. The van der Waals surface area contributed by atoms with Crippen molar-refractivity contribution >= 4 is 11.7 Å². The van der Waals surface area contributed by atoms with Gasteiger partial charge in [-0.05, 0) is 38.0 Å². The van der Waals surface area contributed by atoms with Gasteiger partial charge < -0.3 is 16.3 Å². The number of hydrogen-bond acceptors (Lipinski definition) is 3. The lowest BCUT2D eigenvalue weighted by Gasteiger charge is -2.40. The van der Waals surface area contributed by atoms with E-state index in [2.05, 4.69) is 17.4 Å². The summed E-state index contributed by atoms with van der Waals surface area (Å²) in [6.07, 6.45) is 5.45. The summed E-state index contributed by atoms with van der Waals surface area (Å²) in [4.78, 5) is 12.1. The summed E-state index contributed by atoms with van der Waals surface area (Å²) in [5.74, 6) is 0.759. The van der Waals surface area contributed by atoms with E-state index in [4.69, 9.17) is 10.9 Å². The molecule has 0 aliphatic heterocycles. The van der Waals surface area contributed by atoms with Crippen molar-refractivity contribution in [1.82, 2.24) is 5.32 Å². The van der Waals surface area contributed by atoms with E-state index in [1.54, 1.807) is 0 Å². The van der Waals surface area contributed by atoms with Crippen LogP contribution in [0.3, 0.4) is 0 Å². The maximum Gasteiger partial charge on any atom is 0.223 e. The summed E-state index contributed by atoms with van der Waals surface area (Å²) >= 11 is 0.